The fourth-order valence-corrected chi connectivity index (χ4v) is 1.22. The summed E-state index contributed by atoms with van der Waals surface area (Å²) >= 11 is 0. The summed E-state index contributed by atoms with van der Waals surface area (Å²) in [6, 6.07) is 10.8. The van der Waals surface area contributed by atoms with Crippen molar-refractivity contribution < 1.29 is 0 Å². The lowest BCUT2D eigenvalue weighted by atomic mass is 10.1. The largest absolute Gasteiger partial charge is 0.192 e. The van der Waals surface area contributed by atoms with Gasteiger partial charge < -0.3 is 0 Å². The number of hydrogen-bond acceptors (Lipinski definition) is 1. The standard InChI is InChI=1S/C10H8N/c11-7-8-2-1-3-10(6-8)9-4-5-9/h1,3,6,9H,4-5H2. The highest BCUT2D eigenvalue weighted by atomic mass is 14.3. The zero-order valence-corrected chi connectivity index (χ0v) is 6.17. The number of nitriles is 1. The Morgan fingerprint density at radius 3 is 3.00 bits per heavy atom. The summed E-state index contributed by atoms with van der Waals surface area (Å²) in [7, 11) is 0. The number of benzene rings is 1. The highest BCUT2D eigenvalue weighted by Gasteiger charge is 2.23. The minimum absolute atomic E-state index is 0.661. The first-order valence-electron chi connectivity index (χ1n) is 3.82. The predicted molar refractivity (Wildman–Crippen MR) is 42.0 cm³/mol. The zero-order valence-electron chi connectivity index (χ0n) is 6.17. The van der Waals surface area contributed by atoms with Crippen molar-refractivity contribution in [1.82, 2.24) is 0 Å². The molecule has 1 heteroatoms. The van der Waals surface area contributed by atoms with Crippen LogP contribution >= 0.6 is 0 Å². The molecule has 1 aliphatic carbocycles. The van der Waals surface area contributed by atoms with Gasteiger partial charge in [0.05, 0.1) is 11.6 Å². The van der Waals surface area contributed by atoms with Gasteiger partial charge in [-0.15, -0.1) is 0 Å². The third-order valence-electron chi connectivity index (χ3n) is 1.99. The summed E-state index contributed by atoms with van der Waals surface area (Å²) in [6.45, 7) is 0. The molecule has 2 rings (SSSR count). The fourth-order valence-electron chi connectivity index (χ4n) is 1.22. The van der Waals surface area contributed by atoms with Crippen LogP contribution < -0.4 is 0 Å². The first-order valence-corrected chi connectivity index (χ1v) is 3.82. The van der Waals surface area contributed by atoms with Gasteiger partial charge in [0.1, 0.15) is 0 Å². The van der Waals surface area contributed by atoms with E-state index in [-0.39, 0.29) is 0 Å². The van der Waals surface area contributed by atoms with Crippen molar-refractivity contribution in [2.45, 2.75) is 18.8 Å². The van der Waals surface area contributed by atoms with Gasteiger partial charge in [-0.05, 0) is 30.4 Å². The minimum atomic E-state index is 0.661. The third-order valence-corrected chi connectivity index (χ3v) is 1.99. The maximum absolute atomic E-state index is 8.58. The molecule has 0 amide bonds. The SMILES string of the molecule is N#Cc1[c]ccc(C2CC2)c1. The highest BCUT2D eigenvalue weighted by molar-refractivity contribution is 5.34. The van der Waals surface area contributed by atoms with Crippen LogP contribution in [0.25, 0.3) is 0 Å². The minimum Gasteiger partial charge on any atom is -0.192 e. The normalized spacial score (nSPS) is 15.9. The van der Waals surface area contributed by atoms with E-state index in [4.69, 9.17) is 5.26 Å². The molecule has 1 nitrogen and oxygen atoms in total. The van der Waals surface area contributed by atoms with Gasteiger partial charge in [0.25, 0.3) is 0 Å². The van der Waals surface area contributed by atoms with Crippen LogP contribution in [0, 0.1) is 17.4 Å². The molecule has 0 saturated heterocycles. The van der Waals surface area contributed by atoms with Crippen LogP contribution in [0.4, 0.5) is 0 Å². The van der Waals surface area contributed by atoms with Gasteiger partial charge in [-0.1, -0.05) is 12.1 Å². The summed E-state index contributed by atoms with van der Waals surface area (Å²) in [5, 5.41) is 8.58. The monoisotopic (exact) mass is 142 g/mol. The van der Waals surface area contributed by atoms with E-state index in [1.165, 1.54) is 18.4 Å². The van der Waals surface area contributed by atoms with Gasteiger partial charge in [0, 0.05) is 6.07 Å². The molecule has 0 N–H and O–H groups in total. The van der Waals surface area contributed by atoms with Crippen LogP contribution in [0.5, 0.6) is 0 Å². The molecule has 1 saturated carbocycles. The maximum atomic E-state index is 8.58. The lowest BCUT2D eigenvalue weighted by Gasteiger charge is -1.95. The van der Waals surface area contributed by atoms with E-state index in [9.17, 15) is 0 Å². The van der Waals surface area contributed by atoms with Gasteiger partial charge in [-0.2, -0.15) is 5.26 Å². The van der Waals surface area contributed by atoms with Crippen molar-refractivity contribution in [2.75, 3.05) is 0 Å². The molecular formula is C10H8N. The van der Waals surface area contributed by atoms with Crippen molar-refractivity contribution in [1.29, 1.82) is 5.26 Å². The van der Waals surface area contributed by atoms with Gasteiger partial charge in [-0.3, -0.25) is 0 Å². The lowest BCUT2D eigenvalue weighted by Crippen LogP contribution is -1.80. The van der Waals surface area contributed by atoms with E-state index >= 15 is 0 Å². The molecule has 11 heavy (non-hydrogen) atoms. The molecule has 0 heterocycles. The molecule has 1 radical (unpaired) electrons. The summed E-state index contributed by atoms with van der Waals surface area (Å²) in [5.74, 6) is 0.733. The summed E-state index contributed by atoms with van der Waals surface area (Å²) < 4.78 is 0. The van der Waals surface area contributed by atoms with E-state index in [1.807, 2.05) is 12.1 Å². The number of hydrogen-bond donors (Lipinski definition) is 0. The second-order valence-corrected chi connectivity index (χ2v) is 2.92. The molecule has 53 valence electrons. The van der Waals surface area contributed by atoms with Crippen LogP contribution in [0.1, 0.15) is 29.9 Å². The van der Waals surface area contributed by atoms with Gasteiger partial charge in [0.15, 0.2) is 0 Å². The van der Waals surface area contributed by atoms with E-state index < -0.39 is 0 Å². The zero-order chi connectivity index (χ0) is 7.68. The molecule has 1 aliphatic rings. The van der Waals surface area contributed by atoms with Crippen molar-refractivity contribution in [2.24, 2.45) is 0 Å². The topological polar surface area (TPSA) is 23.8 Å². The second-order valence-electron chi connectivity index (χ2n) is 2.92. The van der Waals surface area contributed by atoms with Crippen LogP contribution in [0.15, 0.2) is 18.2 Å². The molecule has 1 aromatic rings. The summed E-state index contributed by atoms with van der Waals surface area (Å²) in [4.78, 5) is 0. The third kappa shape index (κ3) is 1.25. The Morgan fingerprint density at radius 1 is 1.55 bits per heavy atom. The molecule has 0 bridgehead atoms. The lowest BCUT2D eigenvalue weighted by molar-refractivity contribution is 1.13. The van der Waals surface area contributed by atoms with Gasteiger partial charge >= 0.3 is 0 Å². The van der Waals surface area contributed by atoms with Crippen molar-refractivity contribution >= 4 is 0 Å². The van der Waals surface area contributed by atoms with Crippen LogP contribution in [0.2, 0.25) is 0 Å². The van der Waals surface area contributed by atoms with Crippen LogP contribution in [0.3, 0.4) is 0 Å². The van der Waals surface area contributed by atoms with E-state index in [1.54, 1.807) is 0 Å². The Balaban J connectivity index is 2.35. The van der Waals surface area contributed by atoms with Gasteiger partial charge in [-0.25, -0.2) is 0 Å². The van der Waals surface area contributed by atoms with E-state index in [0.29, 0.717) is 5.56 Å². The molecule has 1 fully saturated rings. The Hall–Kier alpha value is -1.29. The van der Waals surface area contributed by atoms with Crippen LogP contribution in [-0.4, -0.2) is 0 Å². The summed E-state index contributed by atoms with van der Waals surface area (Å²) in [5.41, 5.74) is 1.97. The van der Waals surface area contributed by atoms with Crippen LogP contribution in [-0.2, 0) is 0 Å². The number of rotatable bonds is 1. The first kappa shape index (κ1) is 6.42. The van der Waals surface area contributed by atoms with Crippen molar-refractivity contribution in [3.8, 4) is 6.07 Å². The average molecular weight is 142 g/mol. The first-order chi connectivity index (χ1) is 5.40. The molecule has 0 unspecified atom stereocenters. The molecular weight excluding hydrogens is 134 g/mol. The molecule has 0 aromatic heterocycles. The fraction of sp³-hybridized carbons (Fsp3) is 0.300. The molecule has 0 atom stereocenters. The highest BCUT2D eigenvalue weighted by Crippen LogP contribution is 2.39. The Morgan fingerprint density at radius 2 is 2.36 bits per heavy atom. The second kappa shape index (κ2) is 2.39. The van der Waals surface area contributed by atoms with E-state index in [0.717, 1.165) is 5.92 Å². The average Bonchev–Trinajstić information content (AvgIpc) is 2.87. The predicted octanol–water partition coefficient (Wildman–Crippen LogP) is 2.24. The molecule has 1 aromatic carbocycles. The van der Waals surface area contributed by atoms with Crippen molar-refractivity contribution in [3.63, 3.8) is 0 Å². The van der Waals surface area contributed by atoms with E-state index in [2.05, 4.69) is 18.2 Å². The smallest absolute Gasteiger partial charge is 0.0998 e. The number of nitrogens with zero attached hydrogens (tertiary/aromatic N) is 1. The Kier molecular flexibility index (Phi) is 1.40. The molecule has 0 spiro atoms. The maximum Gasteiger partial charge on any atom is 0.0998 e. The van der Waals surface area contributed by atoms with Gasteiger partial charge in [0.2, 0.25) is 0 Å². The quantitative estimate of drug-likeness (QED) is 0.589. The summed E-state index contributed by atoms with van der Waals surface area (Å²) in [6.07, 6.45) is 2.57. The Labute approximate surface area is 66.3 Å². The van der Waals surface area contributed by atoms with Crippen molar-refractivity contribution in [3.05, 3.63) is 35.4 Å². The Bertz CT molecular complexity index is 305. The molecule has 0 aliphatic heterocycles.